The summed E-state index contributed by atoms with van der Waals surface area (Å²) in [6.07, 6.45) is -0.851. The number of aromatic nitrogens is 1. The monoisotopic (exact) mass is 569 g/mol. The molecule has 0 radical (unpaired) electrons. The van der Waals surface area contributed by atoms with Gasteiger partial charge in [0.15, 0.2) is 5.78 Å². The highest BCUT2D eigenvalue weighted by Crippen LogP contribution is 2.47. The number of nitrogens with zero attached hydrogens (tertiary/aromatic N) is 2. The number of halogens is 1. The number of pyridine rings is 1. The van der Waals surface area contributed by atoms with E-state index < -0.39 is 60.1 Å². The molecule has 13 heteroatoms. The first-order valence-corrected chi connectivity index (χ1v) is 13.1. The van der Waals surface area contributed by atoms with Gasteiger partial charge < -0.3 is 25.6 Å². The second kappa shape index (κ2) is 13.8. The highest BCUT2D eigenvalue weighted by atomic mass is 19.1. The maximum absolute atomic E-state index is 15.1. The number of amides is 2. The first-order chi connectivity index (χ1) is 19.5. The van der Waals surface area contributed by atoms with E-state index in [-0.39, 0.29) is 41.6 Å². The molecule has 1 aromatic carbocycles. The van der Waals surface area contributed by atoms with Crippen LogP contribution >= 0.6 is 0 Å². The van der Waals surface area contributed by atoms with Crippen molar-refractivity contribution in [1.82, 2.24) is 10.3 Å². The van der Waals surface area contributed by atoms with Crippen LogP contribution in [0.15, 0.2) is 30.5 Å². The second-order valence-corrected chi connectivity index (χ2v) is 9.83. The summed E-state index contributed by atoms with van der Waals surface area (Å²) in [6, 6.07) is 5.11. The van der Waals surface area contributed by atoms with Crippen molar-refractivity contribution in [3.05, 3.63) is 53.0 Å². The average molecular weight is 570 g/mol. The fourth-order valence-corrected chi connectivity index (χ4v) is 3.91. The van der Waals surface area contributed by atoms with Crippen LogP contribution in [0.1, 0.15) is 67.4 Å². The largest absolute Gasteiger partial charge is 0.464 e. The molecule has 1 aromatic heterocycles. The van der Waals surface area contributed by atoms with Gasteiger partial charge in [-0.3, -0.25) is 19.7 Å². The van der Waals surface area contributed by atoms with E-state index in [0.717, 1.165) is 6.07 Å². The molecule has 1 aliphatic rings. The Balaban J connectivity index is 1.71. The van der Waals surface area contributed by atoms with E-state index in [0.29, 0.717) is 12.0 Å². The van der Waals surface area contributed by atoms with Crippen molar-refractivity contribution in [3.8, 4) is 11.8 Å². The van der Waals surface area contributed by atoms with Gasteiger partial charge in [-0.05, 0) is 36.6 Å². The molecule has 5 N–H and O–H groups in total. The number of rotatable bonds is 13. The summed E-state index contributed by atoms with van der Waals surface area (Å²) in [5.74, 6) is -3.59. The zero-order chi connectivity index (χ0) is 30.3. The molecule has 4 atom stereocenters. The van der Waals surface area contributed by atoms with E-state index in [1.54, 1.807) is 20.8 Å². The number of anilines is 1. The Morgan fingerprint density at radius 3 is 2.59 bits per heavy atom. The summed E-state index contributed by atoms with van der Waals surface area (Å²) < 4.78 is 25.6. The second-order valence-electron chi connectivity index (χ2n) is 9.83. The van der Waals surface area contributed by atoms with Crippen molar-refractivity contribution < 1.29 is 38.1 Å². The molecule has 1 aliphatic carbocycles. The van der Waals surface area contributed by atoms with Crippen LogP contribution in [-0.4, -0.2) is 58.6 Å². The molecule has 218 valence electrons. The lowest BCUT2D eigenvalue weighted by atomic mass is 9.99. The molecule has 1 saturated carbocycles. The Morgan fingerprint density at radius 2 is 1.98 bits per heavy atom. The Hall–Kier alpha value is -4.41. The fraction of sp³-hybridized carbons (Fsp3) is 0.429. The minimum absolute atomic E-state index is 0.0260. The number of hydrogen-bond donors (Lipinski definition) is 4. The van der Waals surface area contributed by atoms with Gasteiger partial charge in [0.25, 0.3) is 6.29 Å². The number of Topliss-reactive ketones (excluding diaryl/α,β-unsaturated/α-hetero) is 2. The molecule has 0 spiro atoms. The lowest BCUT2D eigenvalue weighted by Crippen LogP contribution is -2.37. The maximum atomic E-state index is 15.1. The summed E-state index contributed by atoms with van der Waals surface area (Å²) >= 11 is 0. The number of hydrogen-bond acceptors (Lipinski definition) is 10. The highest BCUT2D eigenvalue weighted by Gasteiger charge is 2.44. The number of ketones is 2. The zero-order valence-electron chi connectivity index (χ0n) is 22.8. The molecule has 1 fully saturated rings. The van der Waals surface area contributed by atoms with E-state index in [2.05, 4.69) is 15.6 Å². The quantitative estimate of drug-likeness (QED) is 0.158. The van der Waals surface area contributed by atoms with E-state index in [1.165, 1.54) is 24.4 Å². The van der Waals surface area contributed by atoms with Crippen molar-refractivity contribution in [1.29, 1.82) is 5.26 Å². The molecule has 41 heavy (non-hydrogen) atoms. The number of carbonyl (C=O) groups excluding carboxylic acids is 4. The molecular weight excluding hydrogens is 537 g/mol. The predicted octanol–water partition coefficient (Wildman–Crippen LogP) is 2.55. The zero-order valence-corrected chi connectivity index (χ0v) is 22.8. The van der Waals surface area contributed by atoms with Gasteiger partial charge in [0.1, 0.15) is 29.5 Å². The van der Waals surface area contributed by atoms with E-state index in [9.17, 15) is 24.3 Å². The number of nitrogens with two attached hydrogens (primary N) is 1. The first-order valence-electron chi connectivity index (χ1n) is 13.1. The Morgan fingerprint density at radius 1 is 1.24 bits per heavy atom. The van der Waals surface area contributed by atoms with Crippen LogP contribution in [0.2, 0.25) is 0 Å². The van der Waals surface area contributed by atoms with E-state index in [4.69, 9.17) is 20.5 Å². The van der Waals surface area contributed by atoms with Gasteiger partial charge in [-0.25, -0.2) is 14.2 Å². The fourth-order valence-electron chi connectivity index (χ4n) is 3.91. The average Bonchev–Trinajstić information content (AvgIpc) is 3.70. The summed E-state index contributed by atoms with van der Waals surface area (Å²) in [7, 11) is 0. The maximum Gasteiger partial charge on any atom is 0.323 e. The van der Waals surface area contributed by atoms with Crippen LogP contribution in [0, 0.1) is 23.1 Å². The number of nitrogens with one attached hydrogen (secondary N) is 2. The summed E-state index contributed by atoms with van der Waals surface area (Å²) in [6.45, 7) is 4.71. The Bertz CT molecular complexity index is 1340. The summed E-state index contributed by atoms with van der Waals surface area (Å²) in [5, 5.41) is 24.5. The summed E-state index contributed by atoms with van der Waals surface area (Å²) in [5.41, 5.74) is 5.94. The Kier molecular flexibility index (Phi) is 10.5. The number of ether oxygens (including phenoxy) is 2. The third-order valence-electron chi connectivity index (χ3n) is 6.46. The highest BCUT2D eigenvalue weighted by molar-refractivity contribution is 5.99. The van der Waals surface area contributed by atoms with Crippen LogP contribution in [0.5, 0.6) is 5.75 Å². The standard InChI is InChI=1S/C28H32FN5O7/c1-4-20(35)16-6-7-18(29)23(17-11-19(17)33-28(39)34-22-8-5-15(12-30)13-32-22)25(16)41-26(37)21(36)9-10-40-27(38)24(31)14(2)3/h5-8,13-14,17,19,24,26,37H,4,9-11,31H2,1-3H3,(H2,32,33,34,39)/t17?,19?,24-,26?/m0/s1. The number of benzene rings is 1. The van der Waals surface area contributed by atoms with Gasteiger partial charge in [0.05, 0.1) is 17.7 Å². The van der Waals surface area contributed by atoms with Crippen LogP contribution in [0.3, 0.4) is 0 Å². The molecule has 0 aliphatic heterocycles. The van der Waals surface area contributed by atoms with Gasteiger partial charge in [0.2, 0.25) is 5.78 Å². The number of aliphatic hydroxyl groups is 1. The molecular formula is C28H32FN5O7. The van der Waals surface area contributed by atoms with Crippen molar-refractivity contribution in [3.63, 3.8) is 0 Å². The molecule has 3 rings (SSSR count). The third-order valence-corrected chi connectivity index (χ3v) is 6.46. The number of aliphatic hydroxyl groups excluding tert-OH is 1. The summed E-state index contributed by atoms with van der Waals surface area (Å²) in [4.78, 5) is 53.4. The molecule has 2 aromatic rings. The molecule has 1 heterocycles. The van der Waals surface area contributed by atoms with Crippen molar-refractivity contribution in [2.75, 3.05) is 11.9 Å². The van der Waals surface area contributed by atoms with Crippen LogP contribution < -0.4 is 21.1 Å². The lowest BCUT2D eigenvalue weighted by Gasteiger charge is -2.20. The Labute approximate surface area is 236 Å². The molecule has 0 bridgehead atoms. The number of esters is 1. The molecule has 3 unspecified atom stereocenters. The van der Waals surface area contributed by atoms with Gasteiger partial charge in [-0.1, -0.05) is 20.8 Å². The third kappa shape index (κ3) is 8.06. The number of nitriles is 1. The first kappa shape index (κ1) is 31.1. The van der Waals surface area contributed by atoms with Gasteiger partial charge in [0, 0.05) is 36.6 Å². The van der Waals surface area contributed by atoms with Gasteiger partial charge >= 0.3 is 12.0 Å². The van der Waals surface area contributed by atoms with Crippen molar-refractivity contribution in [2.45, 2.75) is 64.3 Å². The van der Waals surface area contributed by atoms with Crippen LogP contribution in [0.4, 0.5) is 15.0 Å². The van der Waals surface area contributed by atoms with Crippen molar-refractivity contribution in [2.24, 2.45) is 11.7 Å². The van der Waals surface area contributed by atoms with E-state index in [1.807, 2.05) is 6.07 Å². The molecule has 2 amide bonds. The normalized spacial score (nSPS) is 17.1. The lowest BCUT2D eigenvalue weighted by molar-refractivity contribution is -0.149. The van der Waals surface area contributed by atoms with Gasteiger partial charge in [-0.2, -0.15) is 5.26 Å². The SMILES string of the molecule is CCC(=O)c1ccc(F)c(C2CC2NC(=O)Nc2ccc(C#N)cn2)c1OC(O)C(=O)CCOC(=O)[C@@H](N)C(C)C. The number of carbonyl (C=O) groups is 4. The smallest absolute Gasteiger partial charge is 0.323 e. The van der Waals surface area contributed by atoms with Crippen LogP contribution in [-0.2, 0) is 14.3 Å². The van der Waals surface area contributed by atoms with Crippen molar-refractivity contribution >= 4 is 29.4 Å². The minimum Gasteiger partial charge on any atom is -0.464 e. The minimum atomic E-state index is -2.08. The molecule has 0 saturated heterocycles. The predicted molar refractivity (Wildman–Crippen MR) is 143 cm³/mol. The number of urea groups is 1. The van der Waals surface area contributed by atoms with Crippen LogP contribution in [0.25, 0.3) is 0 Å². The van der Waals surface area contributed by atoms with E-state index >= 15 is 4.39 Å². The molecule has 12 nitrogen and oxygen atoms in total. The topological polar surface area (TPSA) is 194 Å². The van der Waals surface area contributed by atoms with Gasteiger partial charge in [-0.15, -0.1) is 0 Å².